The van der Waals surface area contributed by atoms with Gasteiger partial charge in [0.1, 0.15) is 5.82 Å². The molecule has 0 bridgehead atoms. The molecule has 5 nitrogen and oxygen atoms in total. The molecule has 9 heteroatoms. The number of alkyl halides is 2. The zero-order valence-corrected chi connectivity index (χ0v) is 14.6. The number of sulfonamides is 1. The molecule has 2 aromatic rings. The van der Waals surface area contributed by atoms with Crippen molar-refractivity contribution in [1.82, 2.24) is 5.32 Å². The summed E-state index contributed by atoms with van der Waals surface area (Å²) in [6, 6.07) is 10.6. The van der Waals surface area contributed by atoms with Crippen LogP contribution in [-0.2, 0) is 21.2 Å². The van der Waals surface area contributed by atoms with Crippen LogP contribution in [0.3, 0.4) is 0 Å². The van der Waals surface area contributed by atoms with Crippen LogP contribution >= 0.6 is 0 Å². The van der Waals surface area contributed by atoms with Gasteiger partial charge >= 0.3 is 6.43 Å². The van der Waals surface area contributed by atoms with Crippen LogP contribution < -0.4 is 10.0 Å². The highest BCUT2D eigenvalue weighted by Crippen LogP contribution is 2.22. The standard InChI is InChI=1S/C17H17F3N2O3S/c1-26(24,25)22-14-4-2-3-11(9-14)10-15(21-17(23)16(19)20)12-5-7-13(18)8-6-12/h2-9,15-16,22H,10H2,1H3,(H,21,23). The molecule has 0 radical (unpaired) electrons. The number of nitrogens with one attached hydrogen (secondary N) is 2. The van der Waals surface area contributed by atoms with Gasteiger partial charge in [0.15, 0.2) is 0 Å². The second-order valence-electron chi connectivity index (χ2n) is 5.69. The summed E-state index contributed by atoms with van der Waals surface area (Å²) in [6.45, 7) is 0. The number of halogens is 3. The first-order valence-corrected chi connectivity index (χ1v) is 9.44. The molecule has 2 rings (SSSR count). The van der Waals surface area contributed by atoms with Gasteiger partial charge in [-0.15, -0.1) is 0 Å². The van der Waals surface area contributed by atoms with E-state index in [0.717, 1.165) is 6.26 Å². The first-order chi connectivity index (χ1) is 12.1. The Morgan fingerprint density at radius 3 is 2.35 bits per heavy atom. The molecule has 0 saturated heterocycles. The highest BCUT2D eigenvalue weighted by molar-refractivity contribution is 7.92. The average Bonchev–Trinajstić information content (AvgIpc) is 2.53. The highest BCUT2D eigenvalue weighted by atomic mass is 32.2. The van der Waals surface area contributed by atoms with Gasteiger partial charge in [-0.1, -0.05) is 24.3 Å². The molecule has 2 N–H and O–H groups in total. The van der Waals surface area contributed by atoms with Crippen molar-refractivity contribution >= 4 is 21.6 Å². The number of benzene rings is 2. The molecule has 1 amide bonds. The molecule has 140 valence electrons. The topological polar surface area (TPSA) is 75.3 Å². The van der Waals surface area contributed by atoms with E-state index < -0.39 is 34.2 Å². The summed E-state index contributed by atoms with van der Waals surface area (Å²) in [4.78, 5) is 11.4. The predicted octanol–water partition coefficient (Wildman–Crippen LogP) is 2.86. The molecular formula is C17H17F3N2O3S. The van der Waals surface area contributed by atoms with Crippen LogP contribution in [0.1, 0.15) is 17.2 Å². The Labute approximate surface area is 149 Å². The van der Waals surface area contributed by atoms with Crippen molar-refractivity contribution in [2.45, 2.75) is 18.9 Å². The Morgan fingerprint density at radius 2 is 1.77 bits per heavy atom. The minimum atomic E-state index is -3.47. The lowest BCUT2D eigenvalue weighted by molar-refractivity contribution is -0.132. The van der Waals surface area contributed by atoms with Gasteiger partial charge in [0, 0.05) is 5.69 Å². The predicted molar refractivity (Wildman–Crippen MR) is 91.9 cm³/mol. The molecule has 0 fully saturated rings. The van der Waals surface area contributed by atoms with E-state index in [2.05, 4.69) is 10.0 Å². The number of carbonyl (C=O) groups is 1. The molecular weight excluding hydrogens is 369 g/mol. The number of hydrogen-bond donors (Lipinski definition) is 2. The highest BCUT2D eigenvalue weighted by Gasteiger charge is 2.21. The van der Waals surface area contributed by atoms with Gasteiger partial charge in [0.25, 0.3) is 5.91 Å². The fourth-order valence-electron chi connectivity index (χ4n) is 2.39. The number of rotatable bonds is 7. The Kier molecular flexibility index (Phi) is 6.25. The second-order valence-corrected chi connectivity index (χ2v) is 7.44. The maximum absolute atomic E-state index is 13.1. The molecule has 0 saturated carbocycles. The van der Waals surface area contributed by atoms with Gasteiger partial charge in [-0.25, -0.2) is 12.8 Å². The third-order valence-electron chi connectivity index (χ3n) is 3.46. The van der Waals surface area contributed by atoms with Crippen molar-refractivity contribution in [2.75, 3.05) is 11.0 Å². The molecule has 0 spiro atoms. The first-order valence-electron chi connectivity index (χ1n) is 7.55. The summed E-state index contributed by atoms with van der Waals surface area (Å²) < 4.78 is 63.3. The lowest BCUT2D eigenvalue weighted by Gasteiger charge is -2.20. The number of anilines is 1. The molecule has 0 aliphatic heterocycles. The smallest absolute Gasteiger partial charge is 0.315 e. The summed E-state index contributed by atoms with van der Waals surface area (Å²) in [6.07, 6.45) is -2.07. The van der Waals surface area contributed by atoms with E-state index in [0.29, 0.717) is 16.8 Å². The quantitative estimate of drug-likeness (QED) is 0.768. The van der Waals surface area contributed by atoms with Gasteiger partial charge in [-0.2, -0.15) is 8.78 Å². The molecule has 26 heavy (non-hydrogen) atoms. The van der Waals surface area contributed by atoms with E-state index in [4.69, 9.17) is 0 Å². The van der Waals surface area contributed by atoms with Gasteiger partial charge in [-0.05, 0) is 41.8 Å². The second kappa shape index (κ2) is 8.22. The fourth-order valence-corrected chi connectivity index (χ4v) is 2.95. The minimum Gasteiger partial charge on any atom is -0.344 e. The van der Waals surface area contributed by atoms with Crippen LogP contribution in [0.5, 0.6) is 0 Å². The van der Waals surface area contributed by atoms with E-state index >= 15 is 0 Å². The molecule has 2 aromatic carbocycles. The maximum atomic E-state index is 13.1. The van der Waals surface area contributed by atoms with Crippen LogP contribution in [0.25, 0.3) is 0 Å². The van der Waals surface area contributed by atoms with E-state index in [1.165, 1.54) is 36.4 Å². The summed E-state index contributed by atoms with van der Waals surface area (Å²) >= 11 is 0. The minimum absolute atomic E-state index is 0.114. The van der Waals surface area contributed by atoms with Crippen molar-refractivity contribution < 1.29 is 26.4 Å². The van der Waals surface area contributed by atoms with E-state index in [9.17, 15) is 26.4 Å². The Hall–Kier alpha value is -2.55. The van der Waals surface area contributed by atoms with Gasteiger partial charge < -0.3 is 5.32 Å². The maximum Gasteiger partial charge on any atom is 0.315 e. The fraction of sp³-hybridized carbons (Fsp3) is 0.235. The van der Waals surface area contributed by atoms with Crippen molar-refractivity contribution in [3.8, 4) is 0 Å². The SMILES string of the molecule is CS(=O)(=O)Nc1cccc(CC(NC(=O)C(F)F)c2ccc(F)cc2)c1. The molecule has 0 aliphatic rings. The normalized spacial score (nSPS) is 12.7. The number of amides is 1. The number of hydrogen-bond acceptors (Lipinski definition) is 3. The Morgan fingerprint density at radius 1 is 1.12 bits per heavy atom. The van der Waals surface area contributed by atoms with E-state index in [1.54, 1.807) is 12.1 Å². The van der Waals surface area contributed by atoms with Crippen molar-refractivity contribution in [2.24, 2.45) is 0 Å². The number of carbonyl (C=O) groups excluding carboxylic acids is 1. The van der Waals surface area contributed by atoms with E-state index in [1.807, 2.05) is 0 Å². The third kappa shape index (κ3) is 6.07. The van der Waals surface area contributed by atoms with Crippen molar-refractivity contribution in [3.63, 3.8) is 0 Å². The summed E-state index contributed by atoms with van der Waals surface area (Å²) in [7, 11) is -3.47. The largest absolute Gasteiger partial charge is 0.344 e. The van der Waals surface area contributed by atoms with Crippen LogP contribution in [-0.4, -0.2) is 27.0 Å². The van der Waals surface area contributed by atoms with Crippen LogP contribution in [0.4, 0.5) is 18.9 Å². The van der Waals surface area contributed by atoms with Crippen molar-refractivity contribution in [3.05, 3.63) is 65.5 Å². The van der Waals surface area contributed by atoms with E-state index in [-0.39, 0.29) is 6.42 Å². The summed E-state index contributed by atoms with van der Waals surface area (Å²) in [5.74, 6) is -1.93. The van der Waals surface area contributed by atoms with Crippen LogP contribution in [0.15, 0.2) is 48.5 Å². The molecule has 1 unspecified atom stereocenters. The van der Waals surface area contributed by atoms with Gasteiger partial charge in [0.05, 0.1) is 12.3 Å². The Balaban J connectivity index is 2.27. The lowest BCUT2D eigenvalue weighted by Crippen LogP contribution is -2.34. The van der Waals surface area contributed by atoms with Gasteiger partial charge in [0.2, 0.25) is 10.0 Å². The Bertz CT molecular complexity index is 871. The molecule has 0 aromatic heterocycles. The average molecular weight is 386 g/mol. The molecule has 1 atom stereocenters. The summed E-state index contributed by atoms with van der Waals surface area (Å²) in [5.41, 5.74) is 1.35. The first kappa shape index (κ1) is 19.8. The molecule has 0 heterocycles. The van der Waals surface area contributed by atoms with Gasteiger partial charge in [-0.3, -0.25) is 9.52 Å². The monoisotopic (exact) mass is 386 g/mol. The lowest BCUT2D eigenvalue weighted by atomic mass is 9.98. The van der Waals surface area contributed by atoms with Crippen molar-refractivity contribution in [1.29, 1.82) is 0 Å². The van der Waals surface area contributed by atoms with Crippen LogP contribution in [0, 0.1) is 5.82 Å². The third-order valence-corrected chi connectivity index (χ3v) is 4.06. The van der Waals surface area contributed by atoms with Crippen LogP contribution in [0.2, 0.25) is 0 Å². The zero-order valence-electron chi connectivity index (χ0n) is 13.7. The summed E-state index contributed by atoms with van der Waals surface area (Å²) in [5, 5.41) is 2.22. The zero-order chi connectivity index (χ0) is 19.3. The molecule has 0 aliphatic carbocycles.